The average Bonchev–Trinajstić information content (AvgIpc) is 2.74. The molecule has 0 atom stereocenters. The molecule has 0 spiro atoms. The number of hydrogen-bond acceptors (Lipinski definition) is 5. The van der Waals surface area contributed by atoms with Crippen LogP contribution < -0.4 is 0 Å². The molecule has 0 aliphatic carbocycles. The Kier molecular flexibility index (Phi) is 2.82. The summed E-state index contributed by atoms with van der Waals surface area (Å²) in [6, 6.07) is 0. The summed E-state index contributed by atoms with van der Waals surface area (Å²) < 4.78 is 1.46. The smallest absolute Gasteiger partial charge is 0.358 e. The van der Waals surface area contributed by atoms with Crippen LogP contribution in [0.25, 0.3) is 5.69 Å². The Bertz CT molecular complexity index is 571. The first-order valence-corrected chi connectivity index (χ1v) is 5.36. The molecule has 0 bridgehead atoms. The highest BCUT2D eigenvalue weighted by Crippen LogP contribution is 2.26. The SMILES string of the molecule is CC(C)(C)c1c(C(=O)O)nnn1-c1cncnc1. The molecule has 0 amide bonds. The Morgan fingerprint density at radius 2 is 1.89 bits per heavy atom. The van der Waals surface area contributed by atoms with Crippen molar-refractivity contribution in [3.8, 4) is 5.69 Å². The van der Waals surface area contributed by atoms with Crippen molar-refractivity contribution in [2.24, 2.45) is 0 Å². The van der Waals surface area contributed by atoms with Gasteiger partial charge in [0.05, 0.1) is 18.1 Å². The number of carbonyl (C=O) groups is 1. The zero-order chi connectivity index (χ0) is 13.3. The lowest BCUT2D eigenvalue weighted by atomic mass is 9.90. The minimum Gasteiger partial charge on any atom is -0.476 e. The third-order valence-corrected chi connectivity index (χ3v) is 2.37. The predicted molar refractivity (Wildman–Crippen MR) is 62.6 cm³/mol. The second-order valence-corrected chi connectivity index (χ2v) is 4.85. The van der Waals surface area contributed by atoms with E-state index < -0.39 is 11.4 Å². The second kappa shape index (κ2) is 4.17. The minimum atomic E-state index is -1.09. The van der Waals surface area contributed by atoms with Gasteiger partial charge in [-0.15, -0.1) is 5.10 Å². The van der Waals surface area contributed by atoms with Crippen molar-refractivity contribution in [2.75, 3.05) is 0 Å². The molecule has 0 fully saturated rings. The van der Waals surface area contributed by atoms with Gasteiger partial charge < -0.3 is 5.11 Å². The van der Waals surface area contributed by atoms with Gasteiger partial charge in [-0.1, -0.05) is 26.0 Å². The quantitative estimate of drug-likeness (QED) is 0.852. The van der Waals surface area contributed by atoms with Crippen molar-refractivity contribution >= 4 is 5.97 Å². The Hall–Kier alpha value is -2.31. The molecule has 7 nitrogen and oxygen atoms in total. The Morgan fingerprint density at radius 1 is 1.28 bits per heavy atom. The zero-order valence-corrected chi connectivity index (χ0v) is 10.3. The van der Waals surface area contributed by atoms with E-state index in [1.54, 1.807) is 12.4 Å². The first-order chi connectivity index (χ1) is 8.41. The van der Waals surface area contributed by atoms with Gasteiger partial charge in [0.1, 0.15) is 12.0 Å². The predicted octanol–water partition coefficient (Wildman–Crippen LogP) is 1.05. The summed E-state index contributed by atoms with van der Waals surface area (Å²) in [4.78, 5) is 18.9. The van der Waals surface area contributed by atoms with Crippen molar-refractivity contribution in [3.05, 3.63) is 30.1 Å². The van der Waals surface area contributed by atoms with Crippen LogP contribution in [0.2, 0.25) is 0 Å². The van der Waals surface area contributed by atoms with Gasteiger partial charge >= 0.3 is 5.97 Å². The maximum absolute atomic E-state index is 11.2. The normalized spacial score (nSPS) is 11.5. The van der Waals surface area contributed by atoms with E-state index in [2.05, 4.69) is 20.3 Å². The Labute approximate surface area is 104 Å². The molecule has 0 aromatic carbocycles. The Balaban J connectivity index is 2.67. The topological polar surface area (TPSA) is 93.8 Å². The summed E-state index contributed by atoms with van der Waals surface area (Å²) in [6.07, 6.45) is 4.51. The fraction of sp³-hybridized carbons (Fsp3) is 0.364. The molecule has 0 unspecified atom stereocenters. The number of carboxylic acids is 1. The van der Waals surface area contributed by atoms with Crippen molar-refractivity contribution < 1.29 is 9.90 Å². The van der Waals surface area contributed by atoms with Crippen LogP contribution in [0.1, 0.15) is 37.0 Å². The number of aromatic nitrogens is 5. The fourth-order valence-corrected chi connectivity index (χ4v) is 1.68. The highest BCUT2D eigenvalue weighted by atomic mass is 16.4. The molecule has 0 radical (unpaired) electrons. The second-order valence-electron chi connectivity index (χ2n) is 4.85. The molecule has 0 aliphatic rings. The van der Waals surface area contributed by atoms with Crippen LogP contribution in [-0.2, 0) is 5.41 Å². The van der Waals surface area contributed by atoms with Crippen molar-refractivity contribution in [2.45, 2.75) is 26.2 Å². The Morgan fingerprint density at radius 3 is 2.39 bits per heavy atom. The highest BCUT2D eigenvalue weighted by Gasteiger charge is 2.29. The van der Waals surface area contributed by atoms with Gasteiger partial charge in [0.25, 0.3) is 0 Å². The molecule has 0 aliphatic heterocycles. The summed E-state index contributed by atoms with van der Waals surface area (Å²) in [7, 11) is 0. The molecule has 2 aromatic rings. The molecule has 0 saturated carbocycles. The fourth-order valence-electron chi connectivity index (χ4n) is 1.68. The molecule has 7 heteroatoms. The van der Waals surface area contributed by atoms with Gasteiger partial charge in [0.2, 0.25) is 0 Å². The van der Waals surface area contributed by atoms with Gasteiger partial charge in [-0.05, 0) is 0 Å². The third-order valence-electron chi connectivity index (χ3n) is 2.37. The minimum absolute atomic E-state index is 0.0497. The van der Waals surface area contributed by atoms with E-state index in [9.17, 15) is 4.79 Å². The molecule has 2 rings (SSSR count). The molecule has 94 valence electrons. The van der Waals surface area contributed by atoms with E-state index in [1.807, 2.05) is 20.8 Å². The van der Waals surface area contributed by atoms with Gasteiger partial charge in [-0.3, -0.25) is 0 Å². The van der Waals surface area contributed by atoms with Crippen molar-refractivity contribution in [1.82, 2.24) is 25.0 Å². The van der Waals surface area contributed by atoms with Crippen LogP contribution in [0.3, 0.4) is 0 Å². The maximum atomic E-state index is 11.2. The van der Waals surface area contributed by atoms with Crippen LogP contribution in [0.4, 0.5) is 0 Å². The van der Waals surface area contributed by atoms with E-state index in [0.29, 0.717) is 11.4 Å². The van der Waals surface area contributed by atoms with Crippen LogP contribution >= 0.6 is 0 Å². The van der Waals surface area contributed by atoms with Crippen LogP contribution in [0.15, 0.2) is 18.7 Å². The summed E-state index contributed by atoms with van der Waals surface area (Å²) in [5.74, 6) is -1.09. The number of nitrogens with zero attached hydrogens (tertiary/aromatic N) is 5. The molecule has 1 N–H and O–H groups in total. The number of rotatable bonds is 2. The van der Waals surface area contributed by atoms with Gasteiger partial charge in [-0.2, -0.15) is 0 Å². The molecule has 2 heterocycles. The largest absolute Gasteiger partial charge is 0.476 e. The van der Waals surface area contributed by atoms with Crippen LogP contribution in [0.5, 0.6) is 0 Å². The maximum Gasteiger partial charge on any atom is 0.358 e. The molecule has 0 saturated heterocycles. The summed E-state index contributed by atoms with van der Waals surface area (Å²) in [6.45, 7) is 5.70. The van der Waals surface area contributed by atoms with Gasteiger partial charge in [0, 0.05) is 5.41 Å². The van der Waals surface area contributed by atoms with Gasteiger partial charge in [0.15, 0.2) is 5.69 Å². The molecule has 2 aromatic heterocycles. The monoisotopic (exact) mass is 247 g/mol. The third kappa shape index (κ3) is 2.06. The molecular formula is C11H13N5O2. The summed E-state index contributed by atoms with van der Waals surface area (Å²) in [5, 5.41) is 16.7. The summed E-state index contributed by atoms with van der Waals surface area (Å²) in [5.41, 5.74) is 0.645. The van der Waals surface area contributed by atoms with Gasteiger partial charge in [-0.25, -0.2) is 19.4 Å². The van der Waals surface area contributed by atoms with E-state index >= 15 is 0 Å². The van der Waals surface area contributed by atoms with E-state index in [0.717, 1.165) is 0 Å². The first kappa shape index (κ1) is 12.2. The van der Waals surface area contributed by atoms with E-state index in [1.165, 1.54) is 11.0 Å². The average molecular weight is 247 g/mol. The van der Waals surface area contributed by atoms with E-state index in [-0.39, 0.29) is 5.69 Å². The van der Waals surface area contributed by atoms with Crippen molar-refractivity contribution in [3.63, 3.8) is 0 Å². The lowest BCUT2D eigenvalue weighted by Crippen LogP contribution is -2.21. The number of hydrogen-bond donors (Lipinski definition) is 1. The lowest BCUT2D eigenvalue weighted by molar-refractivity contribution is 0.0687. The molecular weight excluding hydrogens is 234 g/mol. The lowest BCUT2D eigenvalue weighted by Gasteiger charge is -2.19. The number of aromatic carboxylic acids is 1. The zero-order valence-electron chi connectivity index (χ0n) is 10.3. The summed E-state index contributed by atoms with van der Waals surface area (Å²) >= 11 is 0. The van der Waals surface area contributed by atoms with Crippen molar-refractivity contribution in [1.29, 1.82) is 0 Å². The first-order valence-electron chi connectivity index (χ1n) is 5.36. The standard InChI is InChI=1S/C11H13N5O2/c1-11(2,3)9-8(10(17)18)14-15-16(9)7-4-12-6-13-5-7/h4-6H,1-3H3,(H,17,18). The number of carboxylic acid groups (broad SMARTS) is 1. The van der Waals surface area contributed by atoms with Crippen LogP contribution in [0, 0.1) is 0 Å². The highest BCUT2D eigenvalue weighted by molar-refractivity contribution is 5.87. The molecule has 18 heavy (non-hydrogen) atoms. The van der Waals surface area contributed by atoms with E-state index in [4.69, 9.17) is 5.11 Å². The van der Waals surface area contributed by atoms with Crippen LogP contribution in [-0.4, -0.2) is 36.0 Å².